The van der Waals surface area contributed by atoms with E-state index in [2.05, 4.69) is 10.3 Å². The number of furan rings is 1. The molecule has 94 valence electrons. The highest BCUT2D eigenvalue weighted by molar-refractivity contribution is 7.11. The molecule has 0 unspecified atom stereocenters. The molecule has 0 aliphatic rings. The van der Waals surface area contributed by atoms with Crippen LogP contribution in [0.4, 0.5) is 0 Å². The normalized spacial score (nSPS) is 10.3. The number of aromatic nitrogens is 1. The minimum atomic E-state index is -1.06. The smallest absolute Gasteiger partial charge is 0.355 e. The van der Waals surface area contributed by atoms with Gasteiger partial charge in [0, 0.05) is 4.88 Å². The average Bonchev–Trinajstić information content (AvgIpc) is 2.94. The van der Waals surface area contributed by atoms with E-state index < -0.39 is 5.97 Å². The first-order chi connectivity index (χ1) is 8.58. The van der Waals surface area contributed by atoms with Crippen LogP contribution in [0.25, 0.3) is 0 Å². The van der Waals surface area contributed by atoms with E-state index in [9.17, 15) is 9.59 Å². The minimum Gasteiger partial charge on any atom is -0.476 e. The molecule has 1 amide bonds. The SMILES string of the molecule is Cc1sc(CNC(=O)c2ccco2)nc1C(=O)O. The summed E-state index contributed by atoms with van der Waals surface area (Å²) in [5.74, 6) is -1.21. The van der Waals surface area contributed by atoms with Crippen LogP contribution in [0, 0.1) is 6.92 Å². The highest BCUT2D eigenvalue weighted by Crippen LogP contribution is 2.17. The Labute approximate surface area is 106 Å². The Balaban J connectivity index is 2.01. The number of carbonyl (C=O) groups excluding carboxylic acids is 1. The third kappa shape index (κ3) is 2.57. The molecule has 7 heteroatoms. The Bertz CT molecular complexity index is 574. The van der Waals surface area contributed by atoms with Gasteiger partial charge >= 0.3 is 5.97 Å². The van der Waals surface area contributed by atoms with Gasteiger partial charge in [-0.1, -0.05) is 0 Å². The van der Waals surface area contributed by atoms with Crippen LogP contribution in [-0.4, -0.2) is 22.0 Å². The van der Waals surface area contributed by atoms with Crippen molar-refractivity contribution < 1.29 is 19.1 Å². The van der Waals surface area contributed by atoms with Gasteiger partial charge in [0.2, 0.25) is 0 Å². The lowest BCUT2D eigenvalue weighted by atomic mass is 10.4. The first-order valence-electron chi connectivity index (χ1n) is 5.09. The Morgan fingerprint density at radius 3 is 2.89 bits per heavy atom. The molecule has 0 fully saturated rings. The van der Waals surface area contributed by atoms with E-state index in [4.69, 9.17) is 9.52 Å². The summed E-state index contributed by atoms with van der Waals surface area (Å²) in [5, 5.41) is 12.0. The number of amides is 1. The fourth-order valence-electron chi connectivity index (χ4n) is 1.38. The molecule has 0 atom stereocenters. The molecule has 0 aliphatic heterocycles. The first-order valence-corrected chi connectivity index (χ1v) is 5.91. The lowest BCUT2D eigenvalue weighted by Gasteiger charge is -1.99. The molecule has 0 saturated carbocycles. The lowest BCUT2D eigenvalue weighted by Crippen LogP contribution is -2.22. The van der Waals surface area contributed by atoms with Gasteiger partial charge in [-0.15, -0.1) is 11.3 Å². The van der Waals surface area contributed by atoms with E-state index in [1.807, 2.05) is 0 Å². The van der Waals surface area contributed by atoms with Gasteiger partial charge in [-0.05, 0) is 19.1 Å². The molecular formula is C11H10N2O4S. The highest BCUT2D eigenvalue weighted by Gasteiger charge is 2.15. The number of carboxylic acids is 1. The van der Waals surface area contributed by atoms with Crippen LogP contribution >= 0.6 is 11.3 Å². The van der Waals surface area contributed by atoms with Crippen LogP contribution in [0.5, 0.6) is 0 Å². The predicted octanol–water partition coefficient (Wildman–Crippen LogP) is 1.67. The maximum absolute atomic E-state index is 11.6. The number of aromatic carboxylic acids is 1. The summed E-state index contributed by atoms with van der Waals surface area (Å²) in [5.41, 5.74) is 0.0299. The van der Waals surface area contributed by atoms with Crippen LogP contribution in [0.2, 0.25) is 0 Å². The van der Waals surface area contributed by atoms with Gasteiger partial charge in [-0.2, -0.15) is 0 Å². The Hall–Kier alpha value is -2.15. The highest BCUT2D eigenvalue weighted by atomic mass is 32.1. The van der Waals surface area contributed by atoms with Crippen LogP contribution in [0.3, 0.4) is 0 Å². The standard InChI is InChI=1S/C11H10N2O4S/c1-6-9(11(15)16)13-8(18-6)5-12-10(14)7-3-2-4-17-7/h2-4H,5H2,1H3,(H,12,14)(H,15,16). The summed E-state index contributed by atoms with van der Waals surface area (Å²) in [6.07, 6.45) is 1.41. The first kappa shape index (κ1) is 12.3. The molecular weight excluding hydrogens is 256 g/mol. The quantitative estimate of drug-likeness (QED) is 0.878. The van der Waals surface area contributed by atoms with E-state index in [0.29, 0.717) is 9.88 Å². The predicted molar refractivity (Wildman–Crippen MR) is 63.7 cm³/mol. The van der Waals surface area contributed by atoms with E-state index >= 15 is 0 Å². The number of carbonyl (C=O) groups is 2. The summed E-state index contributed by atoms with van der Waals surface area (Å²) in [7, 11) is 0. The van der Waals surface area contributed by atoms with Gasteiger partial charge in [-0.25, -0.2) is 9.78 Å². The number of hydrogen-bond donors (Lipinski definition) is 2. The number of thiazole rings is 1. The largest absolute Gasteiger partial charge is 0.476 e. The fraction of sp³-hybridized carbons (Fsp3) is 0.182. The molecule has 0 radical (unpaired) electrons. The second-order valence-electron chi connectivity index (χ2n) is 3.48. The van der Waals surface area contributed by atoms with Crippen LogP contribution in [-0.2, 0) is 6.54 Å². The van der Waals surface area contributed by atoms with Gasteiger partial charge in [0.1, 0.15) is 5.01 Å². The van der Waals surface area contributed by atoms with Crippen molar-refractivity contribution in [3.05, 3.63) is 39.7 Å². The van der Waals surface area contributed by atoms with Crippen LogP contribution < -0.4 is 5.32 Å². The van der Waals surface area contributed by atoms with Crippen molar-refractivity contribution in [1.82, 2.24) is 10.3 Å². The number of rotatable bonds is 4. The van der Waals surface area contributed by atoms with E-state index in [0.717, 1.165) is 0 Å². The van der Waals surface area contributed by atoms with Crippen molar-refractivity contribution in [3.63, 3.8) is 0 Å². The lowest BCUT2D eigenvalue weighted by molar-refractivity contribution is 0.0690. The number of carboxylic acid groups (broad SMARTS) is 1. The van der Waals surface area contributed by atoms with Crippen molar-refractivity contribution in [2.24, 2.45) is 0 Å². The van der Waals surface area contributed by atoms with Gasteiger partial charge < -0.3 is 14.8 Å². The maximum atomic E-state index is 11.6. The molecule has 0 aromatic carbocycles. The van der Waals surface area contributed by atoms with Crippen molar-refractivity contribution in [3.8, 4) is 0 Å². The number of aryl methyl sites for hydroxylation is 1. The van der Waals surface area contributed by atoms with Gasteiger partial charge in [0.25, 0.3) is 5.91 Å². The van der Waals surface area contributed by atoms with Crippen molar-refractivity contribution in [2.45, 2.75) is 13.5 Å². The number of nitrogens with one attached hydrogen (secondary N) is 1. The summed E-state index contributed by atoms with van der Waals surface area (Å²) in [4.78, 5) is 26.9. The van der Waals surface area contributed by atoms with Crippen molar-refractivity contribution in [2.75, 3.05) is 0 Å². The summed E-state index contributed by atoms with van der Waals surface area (Å²) in [6.45, 7) is 1.86. The molecule has 2 aromatic rings. The number of nitrogens with zero attached hydrogens (tertiary/aromatic N) is 1. The van der Waals surface area contributed by atoms with Crippen LogP contribution in [0.1, 0.15) is 30.9 Å². The average molecular weight is 266 g/mol. The van der Waals surface area contributed by atoms with Gasteiger partial charge in [0.15, 0.2) is 11.5 Å². The van der Waals surface area contributed by atoms with E-state index in [1.54, 1.807) is 19.1 Å². The zero-order valence-corrected chi connectivity index (χ0v) is 10.3. The van der Waals surface area contributed by atoms with Crippen LogP contribution in [0.15, 0.2) is 22.8 Å². The maximum Gasteiger partial charge on any atom is 0.355 e. The molecule has 0 saturated heterocycles. The molecule has 2 heterocycles. The second-order valence-corrected chi connectivity index (χ2v) is 4.77. The summed E-state index contributed by atoms with van der Waals surface area (Å²) >= 11 is 1.24. The molecule has 2 N–H and O–H groups in total. The molecule has 6 nitrogen and oxygen atoms in total. The van der Waals surface area contributed by atoms with Crippen molar-refractivity contribution >= 4 is 23.2 Å². The third-order valence-electron chi connectivity index (χ3n) is 2.19. The Morgan fingerprint density at radius 1 is 1.56 bits per heavy atom. The molecule has 18 heavy (non-hydrogen) atoms. The monoisotopic (exact) mass is 266 g/mol. The van der Waals surface area contributed by atoms with E-state index in [-0.39, 0.29) is 23.9 Å². The second kappa shape index (κ2) is 5.01. The van der Waals surface area contributed by atoms with Crippen molar-refractivity contribution in [1.29, 1.82) is 0 Å². The van der Waals surface area contributed by atoms with Gasteiger partial charge in [-0.3, -0.25) is 4.79 Å². The molecule has 2 rings (SSSR count). The van der Waals surface area contributed by atoms with E-state index in [1.165, 1.54) is 17.6 Å². The zero-order chi connectivity index (χ0) is 13.1. The molecule has 0 aliphatic carbocycles. The summed E-state index contributed by atoms with van der Waals surface area (Å²) in [6, 6.07) is 3.16. The fourth-order valence-corrected chi connectivity index (χ4v) is 2.24. The zero-order valence-electron chi connectivity index (χ0n) is 9.47. The summed E-state index contributed by atoms with van der Waals surface area (Å²) < 4.78 is 4.93. The van der Waals surface area contributed by atoms with Gasteiger partial charge in [0.05, 0.1) is 12.8 Å². The molecule has 0 bridgehead atoms. The third-order valence-corrected chi connectivity index (χ3v) is 3.16. The Kier molecular flexibility index (Phi) is 3.42. The molecule has 0 spiro atoms. The molecule has 2 aromatic heterocycles. The Morgan fingerprint density at radius 2 is 2.33 bits per heavy atom. The number of hydrogen-bond acceptors (Lipinski definition) is 5. The topological polar surface area (TPSA) is 92.4 Å². The minimum absolute atomic E-state index is 0.0299.